The largest absolute Gasteiger partial charge is 0.444 e. The van der Waals surface area contributed by atoms with Crippen molar-refractivity contribution in [2.75, 3.05) is 0 Å². The number of oxazole rings is 1. The van der Waals surface area contributed by atoms with E-state index in [2.05, 4.69) is 4.98 Å². The van der Waals surface area contributed by atoms with Crippen LogP contribution in [-0.4, -0.2) is 4.98 Å². The molecule has 0 radical (unpaired) electrons. The molecule has 1 aromatic rings. The molecule has 0 saturated heterocycles. The zero-order valence-corrected chi connectivity index (χ0v) is 7.49. The van der Waals surface area contributed by atoms with Gasteiger partial charge >= 0.3 is 0 Å². The van der Waals surface area contributed by atoms with Crippen LogP contribution in [0.1, 0.15) is 30.4 Å². The Morgan fingerprint density at radius 2 is 2.36 bits per heavy atom. The number of rotatable bonds is 2. The van der Waals surface area contributed by atoms with Crippen LogP contribution in [0, 0.1) is 0 Å². The van der Waals surface area contributed by atoms with Crippen molar-refractivity contribution < 1.29 is 4.42 Å². The fourth-order valence-electron chi connectivity index (χ4n) is 0.903. The molecule has 0 bridgehead atoms. The van der Waals surface area contributed by atoms with Crippen molar-refractivity contribution in [3.63, 3.8) is 0 Å². The molecule has 0 spiro atoms. The van der Waals surface area contributed by atoms with Gasteiger partial charge in [0, 0.05) is 5.92 Å². The molecule has 2 nitrogen and oxygen atoms in total. The maximum absolute atomic E-state index is 5.53. The standard InChI is InChI=1S/C7H8ClNO.ClH/c8-3-6-4-9-7(10-6)5-1-2-5;/h4-5H,1-3H2;1H. The first-order chi connectivity index (χ1) is 4.90. The minimum absolute atomic E-state index is 0. The Morgan fingerprint density at radius 1 is 1.64 bits per heavy atom. The van der Waals surface area contributed by atoms with E-state index in [9.17, 15) is 0 Å². The highest BCUT2D eigenvalue weighted by Gasteiger charge is 2.28. The van der Waals surface area contributed by atoms with E-state index < -0.39 is 0 Å². The first-order valence-electron chi connectivity index (χ1n) is 3.40. The molecule has 2 rings (SSSR count). The second-order valence-corrected chi connectivity index (χ2v) is 2.84. The zero-order valence-electron chi connectivity index (χ0n) is 5.92. The van der Waals surface area contributed by atoms with Gasteiger partial charge in [-0.3, -0.25) is 0 Å². The normalized spacial score (nSPS) is 16.1. The second-order valence-electron chi connectivity index (χ2n) is 2.57. The van der Waals surface area contributed by atoms with Gasteiger partial charge in [0.1, 0.15) is 5.76 Å². The summed E-state index contributed by atoms with van der Waals surface area (Å²) in [6, 6.07) is 0. The lowest BCUT2D eigenvalue weighted by molar-refractivity contribution is 0.469. The third-order valence-electron chi connectivity index (χ3n) is 1.63. The van der Waals surface area contributed by atoms with Gasteiger partial charge in [0.15, 0.2) is 5.89 Å². The Hall–Kier alpha value is -0.210. The number of alkyl halides is 1. The number of hydrogen-bond donors (Lipinski definition) is 0. The molecule has 1 aliphatic rings. The third kappa shape index (κ3) is 1.88. The molecule has 11 heavy (non-hydrogen) atoms. The van der Waals surface area contributed by atoms with E-state index in [0.29, 0.717) is 11.8 Å². The highest BCUT2D eigenvalue weighted by atomic mass is 35.5. The first-order valence-corrected chi connectivity index (χ1v) is 3.94. The van der Waals surface area contributed by atoms with Crippen LogP contribution in [0.4, 0.5) is 0 Å². The van der Waals surface area contributed by atoms with Gasteiger partial charge in [-0.25, -0.2) is 4.98 Å². The van der Waals surface area contributed by atoms with Crippen molar-refractivity contribution in [3.05, 3.63) is 17.8 Å². The van der Waals surface area contributed by atoms with E-state index in [0.717, 1.165) is 11.7 Å². The minimum atomic E-state index is 0. The van der Waals surface area contributed by atoms with Crippen LogP contribution in [0.5, 0.6) is 0 Å². The van der Waals surface area contributed by atoms with E-state index in [4.69, 9.17) is 16.0 Å². The summed E-state index contributed by atoms with van der Waals surface area (Å²) in [6.07, 6.45) is 4.16. The van der Waals surface area contributed by atoms with Crippen molar-refractivity contribution >= 4 is 24.0 Å². The van der Waals surface area contributed by atoms with Gasteiger partial charge in [0.05, 0.1) is 12.1 Å². The topological polar surface area (TPSA) is 26.0 Å². The molecule has 1 fully saturated rings. The molecular weight excluding hydrogens is 185 g/mol. The summed E-state index contributed by atoms with van der Waals surface area (Å²) in [5, 5.41) is 0. The smallest absolute Gasteiger partial charge is 0.197 e. The van der Waals surface area contributed by atoms with Crippen LogP contribution in [0.25, 0.3) is 0 Å². The molecule has 1 aliphatic carbocycles. The van der Waals surface area contributed by atoms with E-state index >= 15 is 0 Å². The Morgan fingerprint density at radius 3 is 2.82 bits per heavy atom. The highest BCUT2D eigenvalue weighted by molar-refractivity contribution is 6.16. The SMILES string of the molecule is Cl.ClCc1cnc(C2CC2)o1. The van der Waals surface area contributed by atoms with Crippen molar-refractivity contribution in [1.29, 1.82) is 0 Å². The predicted molar refractivity (Wildman–Crippen MR) is 45.3 cm³/mol. The first kappa shape index (κ1) is 8.88. The molecule has 4 heteroatoms. The fourth-order valence-corrected chi connectivity index (χ4v) is 1.03. The van der Waals surface area contributed by atoms with Crippen LogP contribution in [0.15, 0.2) is 10.6 Å². The summed E-state index contributed by atoms with van der Waals surface area (Å²) in [7, 11) is 0. The van der Waals surface area contributed by atoms with Gasteiger partial charge in [-0.2, -0.15) is 0 Å². The second kappa shape index (κ2) is 3.46. The molecule has 62 valence electrons. The molecule has 0 aliphatic heterocycles. The molecule has 0 N–H and O–H groups in total. The lowest BCUT2D eigenvalue weighted by atomic mass is 10.4. The van der Waals surface area contributed by atoms with Gasteiger partial charge < -0.3 is 4.42 Å². The summed E-state index contributed by atoms with van der Waals surface area (Å²) in [4.78, 5) is 4.10. The zero-order chi connectivity index (χ0) is 6.97. The van der Waals surface area contributed by atoms with E-state index in [1.165, 1.54) is 12.8 Å². The molecule has 0 amide bonds. The Labute approximate surface area is 76.4 Å². The third-order valence-corrected chi connectivity index (χ3v) is 1.89. The molecular formula is C7H9Cl2NO. The number of halogens is 2. The minimum Gasteiger partial charge on any atom is -0.444 e. The van der Waals surface area contributed by atoms with Crippen LogP contribution in [0.2, 0.25) is 0 Å². The maximum atomic E-state index is 5.53. The lowest BCUT2D eigenvalue weighted by Gasteiger charge is -1.85. The van der Waals surface area contributed by atoms with E-state index in [1.807, 2.05) is 0 Å². The monoisotopic (exact) mass is 193 g/mol. The van der Waals surface area contributed by atoms with E-state index in [1.54, 1.807) is 6.20 Å². The van der Waals surface area contributed by atoms with Crippen LogP contribution in [-0.2, 0) is 5.88 Å². The summed E-state index contributed by atoms with van der Waals surface area (Å²) >= 11 is 5.53. The van der Waals surface area contributed by atoms with Crippen LogP contribution < -0.4 is 0 Å². The summed E-state index contributed by atoms with van der Waals surface area (Å²) in [5.41, 5.74) is 0. The summed E-state index contributed by atoms with van der Waals surface area (Å²) < 4.78 is 5.31. The van der Waals surface area contributed by atoms with Crippen molar-refractivity contribution in [2.45, 2.75) is 24.6 Å². The Balaban J connectivity index is 0.000000605. The molecule has 0 unspecified atom stereocenters. The highest BCUT2D eigenvalue weighted by Crippen LogP contribution is 2.39. The van der Waals surface area contributed by atoms with Crippen molar-refractivity contribution in [3.8, 4) is 0 Å². The lowest BCUT2D eigenvalue weighted by Crippen LogP contribution is -1.73. The van der Waals surface area contributed by atoms with Crippen molar-refractivity contribution in [2.24, 2.45) is 0 Å². The Bertz CT molecular complexity index is 232. The van der Waals surface area contributed by atoms with Gasteiger partial charge in [0.25, 0.3) is 0 Å². The van der Waals surface area contributed by atoms with Gasteiger partial charge in [-0.15, -0.1) is 24.0 Å². The molecule has 1 aromatic heterocycles. The van der Waals surface area contributed by atoms with Crippen molar-refractivity contribution in [1.82, 2.24) is 4.98 Å². The quantitative estimate of drug-likeness (QED) is 0.676. The van der Waals surface area contributed by atoms with Crippen LogP contribution >= 0.6 is 24.0 Å². The van der Waals surface area contributed by atoms with Gasteiger partial charge in [0.2, 0.25) is 0 Å². The van der Waals surface area contributed by atoms with Crippen LogP contribution in [0.3, 0.4) is 0 Å². The number of aromatic nitrogens is 1. The average Bonchev–Trinajstić information content (AvgIpc) is 2.70. The van der Waals surface area contributed by atoms with Gasteiger partial charge in [-0.05, 0) is 12.8 Å². The average molecular weight is 194 g/mol. The van der Waals surface area contributed by atoms with E-state index in [-0.39, 0.29) is 12.4 Å². The Kier molecular flexibility index (Phi) is 2.79. The molecule has 0 aromatic carbocycles. The maximum Gasteiger partial charge on any atom is 0.197 e. The number of nitrogens with zero attached hydrogens (tertiary/aromatic N) is 1. The fraction of sp³-hybridized carbons (Fsp3) is 0.571. The summed E-state index contributed by atoms with van der Waals surface area (Å²) in [6.45, 7) is 0. The molecule has 1 heterocycles. The predicted octanol–water partition coefficient (Wildman–Crippen LogP) is 2.71. The summed E-state index contributed by atoms with van der Waals surface area (Å²) in [5.74, 6) is 2.68. The molecule has 0 atom stereocenters. The molecule has 1 saturated carbocycles. The number of hydrogen-bond acceptors (Lipinski definition) is 2. The van der Waals surface area contributed by atoms with Gasteiger partial charge in [-0.1, -0.05) is 0 Å².